The molecule has 3 N–H and O–H groups in total. The van der Waals surface area contributed by atoms with Crippen LogP contribution in [0.1, 0.15) is 11.3 Å². The Balaban J connectivity index is 2.11. The van der Waals surface area contributed by atoms with E-state index in [0.717, 1.165) is 6.07 Å². The second-order valence-electron chi connectivity index (χ2n) is 4.03. The summed E-state index contributed by atoms with van der Waals surface area (Å²) in [6.07, 6.45) is -0.143. The van der Waals surface area contributed by atoms with Gasteiger partial charge in [-0.15, -0.1) is 0 Å². The third-order valence-corrected chi connectivity index (χ3v) is 2.44. The minimum Gasteiger partial charge on any atom is -0.326 e. The van der Waals surface area contributed by atoms with E-state index in [-0.39, 0.29) is 12.1 Å². The number of nitrogens with zero attached hydrogens (tertiary/aromatic N) is 1. The number of hydrogen-bond acceptors (Lipinski definition) is 4. The second kappa shape index (κ2) is 5.67. The normalized spacial score (nSPS) is 9.75. The van der Waals surface area contributed by atoms with E-state index in [0.29, 0.717) is 11.3 Å². The number of benzene rings is 1. The Kier molecular flexibility index (Phi) is 3.77. The number of nitriles is 1. The van der Waals surface area contributed by atoms with Crippen molar-refractivity contribution in [2.45, 2.75) is 6.42 Å². The van der Waals surface area contributed by atoms with Gasteiger partial charge in [0.05, 0.1) is 18.1 Å². The Morgan fingerprint density at radius 3 is 2.75 bits per heavy atom. The topological polar surface area (TPSA) is 119 Å². The number of aromatic amines is 2. The van der Waals surface area contributed by atoms with Crippen LogP contribution in [0.2, 0.25) is 0 Å². The first kappa shape index (κ1) is 13.3. The van der Waals surface area contributed by atoms with E-state index in [9.17, 15) is 14.4 Å². The van der Waals surface area contributed by atoms with Crippen molar-refractivity contribution >= 4 is 11.6 Å². The Labute approximate surface area is 112 Å². The molecule has 0 saturated carbocycles. The lowest BCUT2D eigenvalue weighted by Crippen LogP contribution is -2.25. The van der Waals surface area contributed by atoms with Crippen LogP contribution in [0.25, 0.3) is 0 Å². The molecule has 1 heterocycles. The van der Waals surface area contributed by atoms with Crippen molar-refractivity contribution in [3.8, 4) is 6.07 Å². The van der Waals surface area contributed by atoms with E-state index < -0.39 is 17.2 Å². The predicted octanol–water partition coefficient (Wildman–Crippen LogP) is 0.116. The maximum absolute atomic E-state index is 11.8. The van der Waals surface area contributed by atoms with Crippen molar-refractivity contribution in [3.63, 3.8) is 0 Å². The van der Waals surface area contributed by atoms with E-state index >= 15 is 0 Å². The third-order valence-electron chi connectivity index (χ3n) is 2.44. The van der Waals surface area contributed by atoms with Crippen LogP contribution >= 0.6 is 0 Å². The Morgan fingerprint density at radius 2 is 2.05 bits per heavy atom. The van der Waals surface area contributed by atoms with Gasteiger partial charge in [0.1, 0.15) is 0 Å². The molecule has 0 radical (unpaired) electrons. The number of nitrogens with one attached hydrogen (secondary N) is 3. The molecule has 0 aliphatic rings. The summed E-state index contributed by atoms with van der Waals surface area (Å²) < 4.78 is 0. The highest BCUT2D eigenvalue weighted by molar-refractivity contribution is 5.92. The molecule has 2 rings (SSSR count). The van der Waals surface area contributed by atoms with E-state index in [1.807, 2.05) is 11.1 Å². The summed E-state index contributed by atoms with van der Waals surface area (Å²) in [7, 11) is 0. The number of anilines is 1. The third kappa shape index (κ3) is 3.43. The highest BCUT2D eigenvalue weighted by Gasteiger charge is 2.06. The summed E-state index contributed by atoms with van der Waals surface area (Å²) in [5.41, 5.74) is -0.115. The van der Waals surface area contributed by atoms with Gasteiger partial charge in [-0.1, -0.05) is 6.07 Å². The summed E-state index contributed by atoms with van der Waals surface area (Å²) in [4.78, 5) is 38.3. The van der Waals surface area contributed by atoms with Crippen molar-refractivity contribution in [2.75, 3.05) is 5.32 Å². The van der Waals surface area contributed by atoms with E-state index in [2.05, 4.69) is 10.3 Å². The first-order valence-corrected chi connectivity index (χ1v) is 5.69. The van der Waals surface area contributed by atoms with Crippen LogP contribution in [0.3, 0.4) is 0 Å². The SMILES string of the molecule is N#Cc1cccc(NC(=O)Cc2cc(=O)[nH]c(=O)[nH]2)c1. The van der Waals surface area contributed by atoms with E-state index in [4.69, 9.17) is 5.26 Å². The molecule has 0 fully saturated rings. The van der Waals surface area contributed by atoms with Crippen LogP contribution in [0, 0.1) is 11.3 Å². The number of amides is 1. The monoisotopic (exact) mass is 270 g/mol. The molecule has 0 bridgehead atoms. The molecule has 0 spiro atoms. The molecule has 0 saturated heterocycles. The zero-order valence-electron chi connectivity index (χ0n) is 10.3. The summed E-state index contributed by atoms with van der Waals surface area (Å²) in [6.45, 7) is 0. The maximum Gasteiger partial charge on any atom is 0.325 e. The molecule has 0 unspecified atom stereocenters. The van der Waals surface area contributed by atoms with Gasteiger partial charge in [-0.3, -0.25) is 14.6 Å². The fourth-order valence-electron chi connectivity index (χ4n) is 1.66. The lowest BCUT2D eigenvalue weighted by molar-refractivity contribution is -0.115. The van der Waals surface area contributed by atoms with Gasteiger partial charge >= 0.3 is 5.69 Å². The molecule has 1 aromatic heterocycles. The second-order valence-corrected chi connectivity index (χ2v) is 4.03. The van der Waals surface area contributed by atoms with Crippen molar-refractivity contribution in [3.05, 3.63) is 62.4 Å². The quantitative estimate of drug-likeness (QED) is 0.733. The number of aromatic nitrogens is 2. The van der Waals surface area contributed by atoms with Crippen LogP contribution in [0.4, 0.5) is 5.69 Å². The van der Waals surface area contributed by atoms with Crippen LogP contribution in [-0.2, 0) is 11.2 Å². The Hall–Kier alpha value is -3.14. The van der Waals surface area contributed by atoms with Crippen molar-refractivity contribution in [2.24, 2.45) is 0 Å². The van der Waals surface area contributed by atoms with E-state index in [1.54, 1.807) is 18.2 Å². The molecular weight excluding hydrogens is 260 g/mol. The first-order chi connectivity index (χ1) is 9.56. The predicted molar refractivity (Wildman–Crippen MR) is 71.2 cm³/mol. The highest BCUT2D eigenvalue weighted by atomic mass is 16.2. The minimum absolute atomic E-state index is 0.143. The number of H-pyrrole nitrogens is 2. The van der Waals surface area contributed by atoms with Gasteiger partial charge in [-0.05, 0) is 18.2 Å². The molecule has 2 aromatic rings. The lowest BCUT2D eigenvalue weighted by atomic mass is 10.2. The van der Waals surface area contributed by atoms with Gasteiger partial charge < -0.3 is 10.3 Å². The molecule has 7 heteroatoms. The molecule has 7 nitrogen and oxygen atoms in total. The number of carbonyl (C=O) groups excluding carboxylic acids is 1. The maximum atomic E-state index is 11.8. The molecule has 0 aliphatic carbocycles. The fourth-order valence-corrected chi connectivity index (χ4v) is 1.66. The van der Waals surface area contributed by atoms with Crippen molar-refractivity contribution < 1.29 is 4.79 Å². The first-order valence-electron chi connectivity index (χ1n) is 5.69. The average Bonchev–Trinajstić information content (AvgIpc) is 2.37. The molecule has 0 aliphatic heterocycles. The van der Waals surface area contributed by atoms with Crippen LogP contribution in [-0.4, -0.2) is 15.9 Å². The Morgan fingerprint density at radius 1 is 1.25 bits per heavy atom. The average molecular weight is 270 g/mol. The summed E-state index contributed by atoms with van der Waals surface area (Å²) in [5, 5.41) is 11.3. The van der Waals surface area contributed by atoms with Crippen LogP contribution in [0.15, 0.2) is 39.9 Å². The van der Waals surface area contributed by atoms with Gasteiger partial charge in [0, 0.05) is 17.4 Å². The zero-order valence-corrected chi connectivity index (χ0v) is 10.3. The van der Waals surface area contributed by atoms with Gasteiger partial charge in [0.25, 0.3) is 5.56 Å². The van der Waals surface area contributed by atoms with Gasteiger partial charge in [-0.25, -0.2) is 4.79 Å². The molecule has 0 atom stereocenters. The van der Waals surface area contributed by atoms with Crippen LogP contribution < -0.4 is 16.6 Å². The largest absolute Gasteiger partial charge is 0.326 e. The zero-order chi connectivity index (χ0) is 14.5. The number of hydrogen-bond donors (Lipinski definition) is 3. The molecular formula is C13H10N4O3. The molecule has 20 heavy (non-hydrogen) atoms. The van der Waals surface area contributed by atoms with Crippen LogP contribution in [0.5, 0.6) is 0 Å². The Bertz CT molecular complexity index is 770. The number of rotatable bonds is 3. The number of carbonyl (C=O) groups is 1. The molecule has 1 amide bonds. The standard InChI is InChI=1S/C13H10N4O3/c14-7-8-2-1-3-9(4-8)15-11(18)5-10-6-12(19)17-13(20)16-10/h1-4,6H,5H2,(H,15,18)(H2,16,17,19,20). The fraction of sp³-hybridized carbons (Fsp3) is 0.0769. The van der Waals surface area contributed by atoms with Gasteiger partial charge in [0.15, 0.2) is 0 Å². The van der Waals surface area contributed by atoms with Crippen molar-refractivity contribution in [1.82, 2.24) is 9.97 Å². The van der Waals surface area contributed by atoms with Gasteiger partial charge in [0.2, 0.25) is 5.91 Å². The lowest BCUT2D eigenvalue weighted by Gasteiger charge is -2.05. The summed E-state index contributed by atoms with van der Waals surface area (Å²) in [6, 6.07) is 9.53. The summed E-state index contributed by atoms with van der Waals surface area (Å²) >= 11 is 0. The summed E-state index contributed by atoms with van der Waals surface area (Å²) in [5.74, 6) is -0.402. The highest BCUT2D eigenvalue weighted by Crippen LogP contribution is 2.09. The van der Waals surface area contributed by atoms with Gasteiger partial charge in [-0.2, -0.15) is 5.26 Å². The smallest absolute Gasteiger partial charge is 0.325 e. The van der Waals surface area contributed by atoms with E-state index in [1.165, 1.54) is 6.07 Å². The molecule has 1 aromatic carbocycles. The molecule has 100 valence electrons. The minimum atomic E-state index is -0.660. The van der Waals surface area contributed by atoms with Crippen molar-refractivity contribution in [1.29, 1.82) is 5.26 Å².